The number of carbonyl (C=O) groups is 3. The van der Waals surface area contributed by atoms with Gasteiger partial charge in [-0.05, 0) is 50.2 Å². The second-order valence-corrected chi connectivity index (χ2v) is 6.62. The first-order valence-electron chi connectivity index (χ1n) is 9.09. The standard InChI is InChI=1S/C22H21N3O4/c1-13-12-19(18-6-4-5-7-20(18)23-13)22(28)29-14(2)21(27)25-17-10-8-16(9-11-17)24-15(3)26/h4-12,14H,1-3H3,(H,24,26)(H,25,27)/t14-/m1/s1. The van der Waals surface area contributed by atoms with Crippen LogP contribution in [0, 0.1) is 6.92 Å². The van der Waals surface area contributed by atoms with E-state index < -0.39 is 18.0 Å². The molecule has 2 amide bonds. The zero-order valence-electron chi connectivity index (χ0n) is 16.4. The summed E-state index contributed by atoms with van der Waals surface area (Å²) in [5.74, 6) is -1.22. The molecule has 2 aromatic carbocycles. The molecule has 2 N–H and O–H groups in total. The molecule has 0 saturated heterocycles. The highest BCUT2D eigenvalue weighted by Crippen LogP contribution is 2.20. The minimum Gasteiger partial charge on any atom is -0.449 e. The number of benzene rings is 2. The van der Waals surface area contributed by atoms with Crippen molar-refractivity contribution in [3.63, 3.8) is 0 Å². The van der Waals surface area contributed by atoms with Crippen molar-refractivity contribution in [1.29, 1.82) is 0 Å². The van der Waals surface area contributed by atoms with E-state index in [9.17, 15) is 14.4 Å². The van der Waals surface area contributed by atoms with Gasteiger partial charge in [0.2, 0.25) is 5.91 Å². The van der Waals surface area contributed by atoms with E-state index in [1.807, 2.05) is 18.2 Å². The highest BCUT2D eigenvalue weighted by molar-refractivity contribution is 6.05. The normalized spacial score (nSPS) is 11.6. The number of aryl methyl sites for hydroxylation is 1. The topological polar surface area (TPSA) is 97.4 Å². The van der Waals surface area contributed by atoms with Crippen molar-refractivity contribution in [2.45, 2.75) is 26.9 Å². The maximum atomic E-state index is 12.7. The number of rotatable bonds is 5. The molecule has 3 rings (SSSR count). The number of amides is 2. The molecule has 0 aliphatic rings. The zero-order valence-corrected chi connectivity index (χ0v) is 16.4. The van der Waals surface area contributed by atoms with Gasteiger partial charge in [0.15, 0.2) is 6.10 Å². The van der Waals surface area contributed by atoms with Crippen LogP contribution in [-0.2, 0) is 14.3 Å². The van der Waals surface area contributed by atoms with Crippen LogP contribution in [0.3, 0.4) is 0 Å². The molecule has 0 aliphatic carbocycles. The van der Waals surface area contributed by atoms with Crippen molar-refractivity contribution in [2.75, 3.05) is 10.6 Å². The molecule has 1 heterocycles. The molecule has 148 valence electrons. The molecular weight excluding hydrogens is 370 g/mol. The molecule has 0 fully saturated rings. The maximum absolute atomic E-state index is 12.7. The molecule has 1 aromatic heterocycles. The van der Waals surface area contributed by atoms with Crippen molar-refractivity contribution in [2.24, 2.45) is 0 Å². The molecule has 0 saturated carbocycles. The van der Waals surface area contributed by atoms with Gasteiger partial charge < -0.3 is 15.4 Å². The van der Waals surface area contributed by atoms with E-state index in [2.05, 4.69) is 15.6 Å². The van der Waals surface area contributed by atoms with Crippen LogP contribution in [0.5, 0.6) is 0 Å². The van der Waals surface area contributed by atoms with Crippen LogP contribution in [0.4, 0.5) is 11.4 Å². The fourth-order valence-electron chi connectivity index (χ4n) is 2.84. The molecule has 7 heteroatoms. The summed E-state index contributed by atoms with van der Waals surface area (Å²) in [6.07, 6.45) is -0.996. The van der Waals surface area contributed by atoms with E-state index in [1.54, 1.807) is 43.3 Å². The SMILES string of the molecule is CC(=O)Nc1ccc(NC(=O)[C@@H](C)OC(=O)c2cc(C)nc3ccccc23)cc1. The smallest absolute Gasteiger partial charge is 0.339 e. The fourth-order valence-corrected chi connectivity index (χ4v) is 2.84. The van der Waals surface area contributed by atoms with Crippen LogP contribution in [-0.4, -0.2) is 28.9 Å². The van der Waals surface area contributed by atoms with Crippen molar-refractivity contribution >= 4 is 40.1 Å². The Labute approximate surface area is 168 Å². The first-order valence-corrected chi connectivity index (χ1v) is 9.09. The third-order valence-electron chi connectivity index (χ3n) is 4.19. The van der Waals surface area contributed by atoms with Crippen molar-refractivity contribution < 1.29 is 19.1 Å². The highest BCUT2D eigenvalue weighted by atomic mass is 16.5. The van der Waals surface area contributed by atoms with Gasteiger partial charge in [-0.1, -0.05) is 18.2 Å². The summed E-state index contributed by atoms with van der Waals surface area (Å²) in [7, 11) is 0. The summed E-state index contributed by atoms with van der Waals surface area (Å²) >= 11 is 0. The van der Waals surface area contributed by atoms with Crippen LogP contribution >= 0.6 is 0 Å². The number of fused-ring (bicyclic) bond motifs is 1. The monoisotopic (exact) mass is 391 g/mol. The number of nitrogens with zero attached hydrogens (tertiary/aromatic N) is 1. The summed E-state index contributed by atoms with van der Waals surface area (Å²) in [5.41, 5.74) is 2.89. The van der Waals surface area contributed by atoms with Crippen LogP contribution in [0.1, 0.15) is 29.9 Å². The largest absolute Gasteiger partial charge is 0.449 e. The molecule has 1 atom stereocenters. The maximum Gasteiger partial charge on any atom is 0.339 e. The molecule has 7 nitrogen and oxygen atoms in total. The Morgan fingerprint density at radius 3 is 2.24 bits per heavy atom. The van der Waals surface area contributed by atoms with E-state index in [0.29, 0.717) is 33.5 Å². The molecule has 0 unspecified atom stereocenters. The van der Waals surface area contributed by atoms with Crippen LogP contribution in [0.15, 0.2) is 54.6 Å². The van der Waals surface area contributed by atoms with E-state index in [-0.39, 0.29) is 5.91 Å². The van der Waals surface area contributed by atoms with E-state index in [0.717, 1.165) is 0 Å². The molecule has 0 bridgehead atoms. The molecule has 29 heavy (non-hydrogen) atoms. The van der Waals surface area contributed by atoms with Gasteiger partial charge in [0.05, 0.1) is 11.1 Å². The molecular formula is C22H21N3O4. The number of esters is 1. The number of nitrogens with one attached hydrogen (secondary N) is 2. The third kappa shape index (κ3) is 4.95. The summed E-state index contributed by atoms with van der Waals surface area (Å²) in [6, 6.07) is 15.6. The lowest BCUT2D eigenvalue weighted by atomic mass is 10.1. The van der Waals surface area contributed by atoms with Crippen molar-refractivity contribution in [3.05, 3.63) is 65.9 Å². The average Bonchev–Trinajstić information content (AvgIpc) is 2.68. The first-order chi connectivity index (χ1) is 13.8. The zero-order chi connectivity index (χ0) is 21.0. The quantitative estimate of drug-likeness (QED) is 0.647. The fraction of sp³-hybridized carbons (Fsp3) is 0.182. The van der Waals surface area contributed by atoms with Crippen molar-refractivity contribution in [1.82, 2.24) is 4.98 Å². The molecule has 3 aromatic rings. The Morgan fingerprint density at radius 1 is 0.966 bits per heavy atom. The van der Waals surface area contributed by atoms with Gasteiger partial charge in [-0.15, -0.1) is 0 Å². The van der Waals surface area contributed by atoms with Gasteiger partial charge in [-0.2, -0.15) is 0 Å². The number of hydrogen-bond acceptors (Lipinski definition) is 5. The summed E-state index contributed by atoms with van der Waals surface area (Å²) in [4.78, 5) is 40.5. The summed E-state index contributed by atoms with van der Waals surface area (Å²) < 4.78 is 5.37. The molecule has 0 radical (unpaired) electrons. The Balaban J connectivity index is 1.68. The van der Waals surface area contributed by atoms with E-state index in [1.165, 1.54) is 13.8 Å². The number of anilines is 2. The van der Waals surface area contributed by atoms with Crippen LogP contribution in [0.2, 0.25) is 0 Å². The Bertz CT molecular complexity index is 1080. The van der Waals surface area contributed by atoms with Crippen molar-refractivity contribution in [3.8, 4) is 0 Å². The van der Waals surface area contributed by atoms with Gasteiger partial charge in [0.1, 0.15) is 0 Å². The van der Waals surface area contributed by atoms with Crippen LogP contribution in [0.25, 0.3) is 10.9 Å². The Kier molecular flexibility index (Phi) is 5.87. The van der Waals surface area contributed by atoms with Gasteiger partial charge >= 0.3 is 5.97 Å². The lowest BCUT2D eigenvalue weighted by Gasteiger charge is -2.15. The van der Waals surface area contributed by atoms with Gasteiger partial charge in [-0.3, -0.25) is 14.6 Å². The number of para-hydroxylation sites is 1. The third-order valence-corrected chi connectivity index (χ3v) is 4.19. The second kappa shape index (κ2) is 8.52. The lowest BCUT2D eigenvalue weighted by Crippen LogP contribution is -2.30. The number of aromatic nitrogens is 1. The van der Waals surface area contributed by atoms with Gasteiger partial charge in [0.25, 0.3) is 5.91 Å². The molecule has 0 spiro atoms. The first kappa shape index (κ1) is 20.0. The van der Waals surface area contributed by atoms with Crippen LogP contribution < -0.4 is 10.6 Å². The predicted octanol–water partition coefficient (Wildman–Crippen LogP) is 3.69. The van der Waals surface area contributed by atoms with E-state index in [4.69, 9.17) is 4.74 Å². The van der Waals surface area contributed by atoms with Gasteiger partial charge in [-0.25, -0.2) is 4.79 Å². The van der Waals surface area contributed by atoms with E-state index >= 15 is 0 Å². The number of carbonyl (C=O) groups excluding carboxylic acids is 3. The number of pyridine rings is 1. The highest BCUT2D eigenvalue weighted by Gasteiger charge is 2.21. The minimum absolute atomic E-state index is 0.179. The Morgan fingerprint density at radius 2 is 1.59 bits per heavy atom. The number of hydrogen-bond donors (Lipinski definition) is 2. The lowest BCUT2D eigenvalue weighted by molar-refractivity contribution is -0.123. The minimum atomic E-state index is -0.996. The average molecular weight is 391 g/mol. The summed E-state index contributed by atoms with van der Waals surface area (Å²) in [5, 5.41) is 6.00. The van der Waals surface area contributed by atoms with Gasteiger partial charge in [0, 0.05) is 29.4 Å². The number of ether oxygens (including phenoxy) is 1. The Hall–Kier alpha value is -3.74. The molecule has 0 aliphatic heterocycles. The predicted molar refractivity (Wildman–Crippen MR) is 111 cm³/mol. The summed E-state index contributed by atoms with van der Waals surface area (Å²) in [6.45, 7) is 4.72. The second-order valence-electron chi connectivity index (χ2n) is 6.62.